The zero-order chi connectivity index (χ0) is 32.4. The summed E-state index contributed by atoms with van der Waals surface area (Å²) >= 11 is 16.4. The highest BCUT2D eigenvalue weighted by atomic mass is 35.5. The Bertz CT molecular complexity index is 1460. The van der Waals surface area contributed by atoms with Gasteiger partial charge in [0.1, 0.15) is 11.6 Å². The molecular weight excluding hydrogens is 619 g/mol. The molecule has 0 bridgehead atoms. The Hall–Kier alpha value is -3.37. The van der Waals surface area contributed by atoms with Gasteiger partial charge in [-0.2, -0.15) is 5.10 Å². The number of aliphatic imine (C=N–C) groups is 1. The lowest BCUT2D eigenvalue weighted by Crippen LogP contribution is -2.39. The van der Waals surface area contributed by atoms with Gasteiger partial charge in [0.15, 0.2) is 11.4 Å². The van der Waals surface area contributed by atoms with Gasteiger partial charge in [0, 0.05) is 36.9 Å². The molecule has 0 radical (unpaired) electrons. The lowest BCUT2D eigenvalue weighted by Gasteiger charge is -2.29. The van der Waals surface area contributed by atoms with E-state index in [9.17, 15) is 18.4 Å². The van der Waals surface area contributed by atoms with Gasteiger partial charge < -0.3 is 0 Å². The summed E-state index contributed by atoms with van der Waals surface area (Å²) in [6.07, 6.45) is 4.81. The van der Waals surface area contributed by atoms with E-state index in [1.807, 2.05) is 6.21 Å². The third-order valence-electron chi connectivity index (χ3n) is 6.59. The maximum absolute atomic E-state index is 13.6. The number of carbonyl (C=O) groups excluding carboxylic acids is 2. The quantitative estimate of drug-likeness (QED) is 0.178. The van der Waals surface area contributed by atoms with Crippen LogP contribution in [0.3, 0.4) is 0 Å². The fourth-order valence-corrected chi connectivity index (χ4v) is 4.15. The highest BCUT2D eigenvalue weighted by molar-refractivity contribution is 6.65. The fraction of sp³-hybridized carbons (Fsp3) is 0.419. The van der Waals surface area contributed by atoms with Crippen LogP contribution >= 0.6 is 34.8 Å². The van der Waals surface area contributed by atoms with Gasteiger partial charge in [0.2, 0.25) is 11.1 Å². The van der Waals surface area contributed by atoms with Crippen LogP contribution in [0.15, 0.2) is 46.5 Å². The second kappa shape index (κ2) is 15.9. The maximum atomic E-state index is 13.6. The smallest absolute Gasteiger partial charge is 0.250 e. The minimum atomic E-state index is -0.753. The van der Waals surface area contributed by atoms with E-state index >= 15 is 0 Å². The van der Waals surface area contributed by atoms with Crippen molar-refractivity contribution < 1.29 is 18.4 Å². The summed E-state index contributed by atoms with van der Waals surface area (Å²) < 4.78 is 26.7. The minimum Gasteiger partial charge on any atom is -0.297 e. The van der Waals surface area contributed by atoms with Crippen LogP contribution in [-0.2, 0) is 9.59 Å². The van der Waals surface area contributed by atoms with E-state index in [-0.39, 0.29) is 40.3 Å². The standard InChI is InChI=1S/C15H15ClFN3O.C11H9FN2.C5H8Cl2O/c1-15(2,9-16)14(21)20-13(4-5-19-20)10-6-11(17)8-12(7-10)18-3;1-13-11-5-9(4-10(12)6-11)8-2-3-14-7-8;1-5(2,3-6)4(7)8/h5-8,13H,4,9H2,1-2H3;3-6,8H,2,7H2;3H2,1-2H3. The van der Waals surface area contributed by atoms with Crippen molar-refractivity contribution in [3.8, 4) is 0 Å². The summed E-state index contributed by atoms with van der Waals surface area (Å²) in [5.41, 5.74) is 0.708. The molecule has 43 heavy (non-hydrogen) atoms. The van der Waals surface area contributed by atoms with Crippen molar-refractivity contribution >= 4 is 69.8 Å². The number of rotatable bonds is 6. The summed E-state index contributed by atoms with van der Waals surface area (Å²) in [5.74, 6) is -0.345. The first-order valence-electron chi connectivity index (χ1n) is 13.2. The van der Waals surface area contributed by atoms with Gasteiger partial charge in [-0.15, -0.1) is 23.2 Å². The molecule has 0 saturated carbocycles. The zero-order valence-corrected chi connectivity index (χ0v) is 26.5. The van der Waals surface area contributed by atoms with E-state index in [2.05, 4.69) is 19.8 Å². The Morgan fingerprint density at radius 3 is 1.86 bits per heavy atom. The van der Waals surface area contributed by atoms with E-state index in [0.29, 0.717) is 24.2 Å². The van der Waals surface area contributed by atoms with Gasteiger partial charge in [-0.25, -0.2) is 23.5 Å². The number of carbonyl (C=O) groups is 2. The Labute approximate surface area is 266 Å². The van der Waals surface area contributed by atoms with Crippen molar-refractivity contribution in [3.63, 3.8) is 0 Å². The van der Waals surface area contributed by atoms with Crippen LogP contribution in [0.2, 0.25) is 0 Å². The molecule has 2 aromatic carbocycles. The topological polar surface area (TPSA) is 70.8 Å². The van der Waals surface area contributed by atoms with Gasteiger partial charge >= 0.3 is 0 Å². The predicted octanol–water partition coefficient (Wildman–Crippen LogP) is 8.85. The van der Waals surface area contributed by atoms with E-state index in [1.165, 1.54) is 29.3 Å². The van der Waals surface area contributed by atoms with Crippen LogP contribution in [0.4, 0.5) is 20.2 Å². The van der Waals surface area contributed by atoms with Gasteiger partial charge in [0.25, 0.3) is 0 Å². The average molecular weight is 651 g/mol. The first-order chi connectivity index (χ1) is 20.2. The molecule has 2 aliphatic rings. The Morgan fingerprint density at radius 1 is 0.884 bits per heavy atom. The second-order valence-electron chi connectivity index (χ2n) is 11.2. The molecule has 12 heteroatoms. The van der Waals surface area contributed by atoms with E-state index in [4.69, 9.17) is 47.9 Å². The third kappa shape index (κ3) is 10.1. The number of nitrogens with zero attached hydrogens (tertiary/aromatic N) is 5. The molecule has 0 aliphatic carbocycles. The number of benzene rings is 2. The lowest BCUT2D eigenvalue weighted by atomic mass is 9.93. The van der Waals surface area contributed by atoms with Crippen molar-refractivity contribution in [3.05, 3.63) is 82.0 Å². The monoisotopic (exact) mass is 649 g/mol. The molecule has 2 aromatic rings. The summed E-state index contributed by atoms with van der Waals surface area (Å²) in [5, 5.41) is 5.05. The third-order valence-corrected chi connectivity index (χ3v) is 8.43. The van der Waals surface area contributed by atoms with Gasteiger partial charge in [0.05, 0.1) is 30.0 Å². The van der Waals surface area contributed by atoms with Crippen LogP contribution in [-0.4, -0.2) is 46.9 Å². The Morgan fingerprint density at radius 2 is 1.42 bits per heavy atom. The van der Waals surface area contributed by atoms with E-state index in [1.54, 1.807) is 46.0 Å². The Kier molecular flexibility index (Phi) is 13.3. The van der Waals surface area contributed by atoms with Crippen molar-refractivity contribution in [2.24, 2.45) is 20.9 Å². The summed E-state index contributed by atoms with van der Waals surface area (Å²) in [6.45, 7) is 21.4. The zero-order valence-electron chi connectivity index (χ0n) is 24.3. The van der Waals surface area contributed by atoms with Gasteiger partial charge in [-0.05, 0) is 67.9 Å². The van der Waals surface area contributed by atoms with Crippen LogP contribution in [0.25, 0.3) is 9.69 Å². The van der Waals surface area contributed by atoms with Crippen LogP contribution < -0.4 is 0 Å². The highest BCUT2D eigenvalue weighted by Crippen LogP contribution is 2.35. The number of halogens is 5. The minimum absolute atomic E-state index is 0.168. The Balaban J connectivity index is 0.000000252. The fourth-order valence-electron chi connectivity index (χ4n) is 3.78. The molecular formula is C31H32Cl3F2N5O2. The molecule has 0 spiro atoms. The number of hydrazone groups is 1. The molecule has 0 saturated heterocycles. The second-order valence-corrected chi connectivity index (χ2v) is 12.1. The first kappa shape index (κ1) is 35.8. The van der Waals surface area contributed by atoms with Crippen molar-refractivity contribution in [1.29, 1.82) is 0 Å². The van der Waals surface area contributed by atoms with Crippen LogP contribution in [0.5, 0.6) is 0 Å². The summed E-state index contributed by atoms with van der Waals surface area (Å²) in [4.78, 5) is 33.4. The average Bonchev–Trinajstić information content (AvgIpc) is 3.70. The predicted molar refractivity (Wildman–Crippen MR) is 169 cm³/mol. The van der Waals surface area contributed by atoms with E-state index < -0.39 is 22.7 Å². The SMILES string of the molecule is CC(C)(CCl)C(=O)Cl.[C-]#[N+]c1cc(F)cc(C2CC=NC2)c1.[C-]#[N+]c1cc(F)cc(C2CC=NN2C(=O)C(C)(C)CCl)c1. The normalized spacial score (nSPS) is 17.2. The molecule has 2 atom stereocenters. The number of amides is 1. The number of hydrogen-bond acceptors (Lipinski definition) is 4. The number of alkyl halides is 2. The van der Waals surface area contributed by atoms with Crippen molar-refractivity contribution in [1.82, 2.24) is 5.01 Å². The molecule has 1 amide bonds. The van der Waals surface area contributed by atoms with Crippen molar-refractivity contribution in [2.75, 3.05) is 18.3 Å². The molecule has 4 rings (SSSR count). The largest absolute Gasteiger partial charge is 0.297 e. The maximum Gasteiger partial charge on any atom is 0.250 e. The molecule has 0 N–H and O–H groups in total. The molecule has 7 nitrogen and oxygen atoms in total. The summed E-state index contributed by atoms with van der Waals surface area (Å²) in [7, 11) is 0. The van der Waals surface area contributed by atoms with Crippen molar-refractivity contribution in [2.45, 2.75) is 52.5 Å². The number of hydrogen-bond donors (Lipinski definition) is 0. The summed E-state index contributed by atoms with van der Waals surface area (Å²) in [6, 6.07) is 8.19. The van der Waals surface area contributed by atoms with Crippen LogP contribution in [0.1, 0.15) is 63.6 Å². The molecule has 2 unspecified atom stereocenters. The van der Waals surface area contributed by atoms with Gasteiger partial charge in [-0.3, -0.25) is 14.6 Å². The lowest BCUT2D eigenvalue weighted by molar-refractivity contribution is -0.141. The highest BCUT2D eigenvalue weighted by Gasteiger charge is 2.37. The molecule has 0 fully saturated rings. The first-order valence-corrected chi connectivity index (χ1v) is 14.7. The van der Waals surface area contributed by atoms with Gasteiger partial charge in [-0.1, -0.05) is 31.5 Å². The molecule has 2 aliphatic heterocycles. The molecule has 2 heterocycles. The van der Waals surface area contributed by atoms with Crippen LogP contribution in [0, 0.1) is 35.6 Å². The molecule has 228 valence electrons. The van der Waals surface area contributed by atoms with E-state index in [0.717, 1.165) is 12.0 Å². The molecule has 0 aromatic heterocycles.